The Morgan fingerprint density at radius 1 is 1.13 bits per heavy atom. The smallest absolute Gasteiger partial charge is 0.416 e. The molecule has 0 aliphatic heterocycles. The number of benzene rings is 2. The van der Waals surface area contributed by atoms with Crippen LogP contribution in [0.4, 0.5) is 13.2 Å². The van der Waals surface area contributed by atoms with Gasteiger partial charge in [0.05, 0.1) is 36.7 Å². The van der Waals surface area contributed by atoms with Crippen LogP contribution in [0.3, 0.4) is 0 Å². The lowest BCUT2D eigenvalue weighted by Gasteiger charge is -2.14. The van der Waals surface area contributed by atoms with Crippen molar-refractivity contribution in [2.75, 3.05) is 14.2 Å². The molecule has 0 bridgehead atoms. The van der Waals surface area contributed by atoms with Crippen LogP contribution in [-0.2, 0) is 17.4 Å². The molecule has 1 heterocycles. The van der Waals surface area contributed by atoms with E-state index < -0.39 is 28.5 Å². The fourth-order valence-corrected chi connectivity index (χ4v) is 4.13. The highest BCUT2D eigenvalue weighted by molar-refractivity contribution is 7.91. The van der Waals surface area contributed by atoms with E-state index in [0.29, 0.717) is 0 Å². The zero-order valence-electron chi connectivity index (χ0n) is 15.6. The number of aromatic nitrogens is 2. The van der Waals surface area contributed by atoms with Crippen LogP contribution in [0.15, 0.2) is 63.2 Å². The predicted molar refractivity (Wildman–Crippen MR) is 104 cm³/mol. The molecule has 0 radical (unpaired) electrons. The molecule has 1 aromatic heterocycles. The second-order valence-corrected chi connectivity index (χ2v) is 7.73. The Morgan fingerprint density at radius 3 is 2.47 bits per heavy atom. The van der Waals surface area contributed by atoms with Gasteiger partial charge in [0.25, 0.3) is 0 Å². The molecule has 0 aliphatic carbocycles. The molecule has 0 saturated carbocycles. The van der Waals surface area contributed by atoms with E-state index in [1.165, 1.54) is 38.6 Å². The normalized spacial score (nSPS) is 12.5. The van der Waals surface area contributed by atoms with E-state index in [1.54, 1.807) is 6.07 Å². The van der Waals surface area contributed by atoms with Crippen molar-refractivity contribution < 1.29 is 27.2 Å². The van der Waals surface area contributed by atoms with Gasteiger partial charge in [-0.05, 0) is 30.3 Å². The molecule has 0 aliphatic rings. The van der Waals surface area contributed by atoms with Crippen LogP contribution in [-0.4, -0.2) is 28.6 Å². The minimum Gasteiger partial charge on any atom is -0.606 e. The van der Waals surface area contributed by atoms with Gasteiger partial charge in [-0.2, -0.15) is 23.0 Å². The molecule has 3 rings (SSSR count). The monoisotopic (exact) mass is 458 g/mol. The summed E-state index contributed by atoms with van der Waals surface area (Å²) < 4.78 is 62.5. The number of methoxy groups -OCH3 is 2. The number of hydrogen-bond donors (Lipinski definition) is 0. The van der Waals surface area contributed by atoms with E-state index in [-0.39, 0.29) is 32.0 Å². The molecule has 30 heavy (non-hydrogen) atoms. The Kier molecular flexibility index (Phi) is 6.30. The first kappa shape index (κ1) is 22.0. The molecule has 0 saturated heterocycles. The van der Waals surface area contributed by atoms with Gasteiger partial charge in [-0.25, -0.2) is 0 Å². The number of nitrogens with zero attached hydrogens (tertiary/aromatic N) is 2. The lowest BCUT2D eigenvalue weighted by Crippen LogP contribution is -2.23. The second kappa shape index (κ2) is 8.58. The molecule has 6 nitrogen and oxygen atoms in total. The highest BCUT2D eigenvalue weighted by Gasteiger charge is 2.32. The first-order valence-corrected chi connectivity index (χ1v) is 9.79. The van der Waals surface area contributed by atoms with Crippen molar-refractivity contribution in [2.45, 2.75) is 16.0 Å². The number of rotatable bonds is 5. The Labute approximate surface area is 177 Å². The van der Waals surface area contributed by atoms with Crippen molar-refractivity contribution in [3.05, 3.63) is 69.6 Å². The standard InChI is InChI=1S/C19H14ClF3N2O4S/c1-28-15-10-24-25(18(26)17(15)29-2)12-4-3-5-13(9-12)30(27)16-7-6-11(8-14(16)20)19(21,22)23/h3-10H,1-2H3. The van der Waals surface area contributed by atoms with Crippen molar-refractivity contribution >= 4 is 22.8 Å². The Bertz CT molecular complexity index is 1140. The molecule has 0 N–H and O–H groups in total. The van der Waals surface area contributed by atoms with Crippen molar-refractivity contribution in [3.63, 3.8) is 0 Å². The molecule has 158 valence electrons. The quantitative estimate of drug-likeness (QED) is 0.538. The van der Waals surface area contributed by atoms with Crippen molar-refractivity contribution in [1.29, 1.82) is 0 Å². The maximum atomic E-state index is 12.9. The Morgan fingerprint density at radius 2 is 1.87 bits per heavy atom. The van der Waals surface area contributed by atoms with Crippen molar-refractivity contribution in [3.8, 4) is 17.2 Å². The molecular formula is C19H14ClF3N2O4S. The van der Waals surface area contributed by atoms with Crippen LogP contribution in [0, 0.1) is 0 Å². The molecule has 1 unspecified atom stereocenters. The van der Waals surface area contributed by atoms with E-state index in [2.05, 4.69) is 5.10 Å². The topological polar surface area (TPSA) is 76.4 Å². The van der Waals surface area contributed by atoms with E-state index in [9.17, 15) is 22.5 Å². The van der Waals surface area contributed by atoms with Crippen LogP contribution in [0.1, 0.15) is 5.56 Å². The summed E-state index contributed by atoms with van der Waals surface area (Å²) in [6.07, 6.45) is -3.28. The van der Waals surface area contributed by atoms with E-state index in [1.807, 2.05) is 0 Å². The minimum absolute atomic E-state index is 0.00874. The minimum atomic E-state index is -4.57. The third-order valence-corrected chi connectivity index (χ3v) is 5.92. The van der Waals surface area contributed by atoms with Crippen molar-refractivity contribution in [1.82, 2.24) is 9.78 Å². The van der Waals surface area contributed by atoms with E-state index >= 15 is 0 Å². The van der Waals surface area contributed by atoms with Gasteiger partial charge in [-0.15, -0.1) is 0 Å². The van der Waals surface area contributed by atoms with E-state index in [0.717, 1.165) is 22.9 Å². The molecule has 1 atom stereocenters. The van der Waals surface area contributed by atoms with Crippen LogP contribution >= 0.6 is 11.6 Å². The third kappa shape index (κ3) is 4.25. The summed E-state index contributed by atoms with van der Waals surface area (Å²) in [5.41, 5.74) is -1.27. The Hall–Kier alpha value is -2.69. The largest absolute Gasteiger partial charge is 0.606 e. The summed E-state index contributed by atoms with van der Waals surface area (Å²) in [4.78, 5) is 12.8. The average Bonchev–Trinajstić information content (AvgIpc) is 2.72. The molecule has 3 aromatic rings. The van der Waals surface area contributed by atoms with Gasteiger partial charge in [0.15, 0.2) is 15.5 Å². The van der Waals surface area contributed by atoms with Crippen LogP contribution < -0.4 is 15.0 Å². The molecule has 11 heteroatoms. The van der Waals surface area contributed by atoms with Gasteiger partial charge in [-0.3, -0.25) is 4.79 Å². The summed E-state index contributed by atoms with van der Waals surface area (Å²) in [5, 5.41) is 3.72. The van der Waals surface area contributed by atoms with Gasteiger partial charge in [0.2, 0.25) is 5.75 Å². The first-order valence-electron chi connectivity index (χ1n) is 8.26. The van der Waals surface area contributed by atoms with Gasteiger partial charge in [0, 0.05) is 17.2 Å². The first-order chi connectivity index (χ1) is 14.2. The maximum absolute atomic E-state index is 12.9. The lowest BCUT2D eigenvalue weighted by atomic mass is 10.2. The maximum Gasteiger partial charge on any atom is 0.416 e. The summed E-state index contributed by atoms with van der Waals surface area (Å²) in [7, 11) is 2.67. The summed E-state index contributed by atoms with van der Waals surface area (Å²) in [6.45, 7) is 0. The van der Waals surface area contributed by atoms with Crippen molar-refractivity contribution in [2.24, 2.45) is 0 Å². The van der Waals surface area contributed by atoms with Crippen LogP contribution in [0.5, 0.6) is 11.5 Å². The molecule has 2 aromatic carbocycles. The van der Waals surface area contributed by atoms with Gasteiger partial charge in [-0.1, -0.05) is 17.7 Å². The summed E-state index contributed by atoms with van der Waals surface area (Å²) in [6, 6.07) is 8.60. The number of halogens is 4. The zero-order chi connectivity index (χ0) is 22.1. The van der Waals surface area contributed by atoms with Crippen LogP contribution in [0.25, 0.3) is 5.69 Å². The SMILES string of the molecule is COc1cnn(-c2cccc([S+]([O-])c3ccc(C(F)(F)F)cc3Cl)c2)c(=O)c1OC. The highest BCUT2D eigenvalue weighted by Crippen LogP contribution is 2.35. The zero-order valence-corrected chi connectivity index (χ0v) is 17.1. The van der Waals surface area contributed by atoms with Crippen LogP contribution in [0.2, 0.25) is 5.02 Å². The number of alkyl halides is 3. The summed E-state index contributed by atoms with van der Waals surface area (Å²) in [5.74, 6) is 0.0832. The van der Waals surface area contributed by atoms with E-state index in [4.69, 9.17) is 21.1 Å². The molecule has 0 amide bonds. The number of hydrogen-bond acceptors (Lipinski definition) is 5. The second-order valence-electron chi connectivity index (χ2n) is 5.87. The number of ether oxygens (including phenoxy) is 2. The molecular weight excluding hydrogens is 445 g/mol. The fourth-order valence-electron chi connectivity index (χ4n) is 2.63. The Balaban J connectivity index is 2.02. The third-order valence-electron chi connectivity index (χ3n) is 4.06. The highest BCUT2D eigenvalue weighted by atomic mass is 35.5. The predicted octanol–water partition coefficient (Wildman–Crippen LogP) is 4.09. The van der Waals surface area contributed by atoms with Gasteiger partial charge in [0.1, 0.15) is 0 Å². The fraction of sp³-hybridized carbons (Fsp3) is 0.158. The van der Waals surface area contributed by atoms with Gasteiger partial charge >= 0.3 is 11.7 Å². The molecule has 0 spiro atoms. The van der Waals surface area contributed by atoms with Gasteiger partial charge < -0.3 is 14.0 Å². The average molecular weight is 459 g/mol. The lowest BCUT2D eigenvalue weighted by molar-refractivity contribution is -0.137. The molecule has 0 fully saturated rings. The summed E-state index contributed by atoms with van der Waals surface area (Å²) >= 11 is 4.05.